The smallest absolute Gasteiger partial charge is 0.253 e. The van der Waals surface area contributed by atoms with Gasteiger partial charge in [0.05, 0.1) is 11.3 Å². The second-order valence-corrected chi connectivity index (χ2v) is 7.65. The molecule has 29 heavy (non-hydrogen) atoms. The molecule has 3 rings (SSSR count). The number of carbonyl (C=O) groups excluding carboxylic acids is 2. The molecule has 0 radical (unpaired) electrons. The molecule has 0 bridgehead atoms. The molecule has 2 N–H and O–H groups in total. The Labute approximate surface area is 176 Å². The standard InChI is InChI=1S/C23H26ClN3O2/c1-2-13-25-23(29)20-5-3-4-6-21(20)26-22(28)18-11-14-27(15-12-18)16-17-7-9-19(24)10-8-17/h2-10,18H,1,11-16H2,(H,25,29)(H,26,28). The lowest BCUT2D eigenvalue weighted by Crippen LogP contribution is -2.38. The molecule has 6 heteroatoms. The van der Waals surface area contributed by atoms with Crippen LogP contribution in [0.5, 0.6) is 0 Å². The highest BCUT2D eigenvalue weighted by Crippen LogP contribution is 2.23. The topological polar surface area (TPSA) is 61.4 Å². The van der Waals surface area contributed by atoms with Gasteiger partial charge in [0, 0.05) is 24.0 Å². The van der Waals surface area contributed by atoms with Gasteiger partial charge in [-0.05, 0) is 55.8 Å². The molecule has 0 saturated carbocycles. The van der Waals surface area contributed by atoms with Crippen LogP contribution in [0.4, 0.5) is 5.69 Å². The van der Waals surface area contributed by atoms with Gasteiger partial charge in [-0.1, -0.05) is 41.9 Å². The SMILES string of the molecule is C=CCNC(=O)c1ccccc1NC(=O)C1CCN(Cc2ccc(Cl)cc2)CC1. The number of amides is 2. The number of benzene rings is 2. The van der Waals surface area contributed by atoms with Gasteiger partial charge in [-0.3, -0.25) is 14.5 Å². The van der Waals surface area contributed by atoms with Crippen molar-refractivity contribution in [2.45, 2.75) is 19.4 Å². The summed E-state index contributed by atoms with van der Waals surface area (Å²) in [5, 5.41) is 6.44. The van der Waals surface area contributed by atoms with Crippen molar-refractivity contribution in [3.8, 4) is 0 Å². The Kier molecular flexibility index (Phi) is 7.44. The maximum Gasteiger partial charge on any atom is 0.253 e. The zero-order chi connectivity index (χ0) is 20.6. The van der Waals surface area contributed by atoms with Crippen LogP contribution in [-0.4, -0.2) is 36.3 Å². The lowest BCUT2D eigenvalue weighted by Gasteiger charge is -2.31. The Morgan fingerprint density at radius 3 is 2.48 bits per heavy atom. The summed E-state index contributed by atoms with van der Waals surface area (Å²) in [6, 6.07) is 15.0. The van der Waals surface area contributed by atoms with E-state index < -0.39 is 0 Å². The molecule has 152 valence electrons. The van der Waals surface area contributed by atoms with Crippen LogP contribution < -0.4 is 10.6 Å². The summed E-state index contributed by atoms with van der Waals surface area (Å²) in [7, 11) is 0. The zero-order valence-corrected chi connectivity index (χ0v) is 17.1. The molecular weight excluding hydrogens is 386 g/mol. The van der Waals surface area contributed by atoms with Crippen LogP contribution in [0.25, 0.3) is 0 Å². The number of nitrogens with one attached hydrogen (secondary N) is 2. The largest absolute Gasteiger partial charge is 0.349 e. The van der Waals surface area contributed by atoms with Gasteiger partial charge in [0.25, 0.3) is 5.91 Å². The van der Waals surface area contributed by atoms with Crippen molar-refractivity contribution in [1.82, 2.24) is 10.2 Å². The highest BCUT2D eigenvalue weighted by Gasteiger charge is 2.26. The van der Waals surface area contributed by atoms with Crippen LogP contribution in [-0.2, 0) is 11.3 Å². The van der Waals surface area contributed by atoms with Crippen LogP contribution in [0.3, 0.4) is 0 Å². The van der Waals surface area contributed by atoms with Gasteiger partial charge in [-0.2, -0.15) is 0 Å². The van der Waals surface area contributed by atoms with Gasteiger partial charge < -0.3 is 10.6 Å². The van der Waals surface area contributed by atoms with Crippen LogP contribution in [0.2, 0.25) is 5.02 Å². The molecule has 1 aliphatic rings. The first-order valence-corrected chi connectivity index (χ1v) is 10.2. The van der Waals surface area contributed by atoms with E-state index in [0.717, 1.165) is 37.5 Å². The summed E-state index contributed by atoms with van der Waals surface area (Å²) in [4.78, 5) is 27.4. The quantitative estimate of drug-likeness (QED) is 0.674. The number of piperidine rings is 1. The number of rotatable bonds is 7. The summed E-state index contributed by atoms with van der Waals surface area (Å²) < 4.78 is 0. The zero-order valence-electron chi connectivity index (χ0n) is 16.4. The molecule has 1 fully saturated rings. The first-order chi connectivity index (χ1) is 14.1. The summed E-state index contributed by atoms with van der Waals surface area (Å²) in [5.74, 6) is -0.306. The van der Waals surface area contributed by atoms with Crippen molar-refractivity contribution in [3.05, 3.63) is 77.3 Å². The van der Waals surface area contributed by atoms with Crippen molar-refractivity contribution in [3.63, 3.8) is 0 Å². The van der Waals surface area contributed by atoms with Crippen LogP contribution >= 0.6 is 11.6 Å². The number of hydrogen-bond acceptors (Lipinski definition) is 3. The highest BCUT2D eigenvalue weighted by molar-refractivity contribution is 6.30. The fourth-order valence-electron chi connectivity index (χ4n) is 3.49. The highest BCUT2D eigenvalue weighted by atomic mass is 35.5. The molecular formula is C23H26ClN3O2. The summed E-state index contributed by atoms with van der Waals surface area (Å²) in [6.45, 7) is 6.57. The van der Waals surface area contributed by atoms with Crippen LogP contribution in [0.1, 0.15) is 28.8 Å². The van der Waals surface area contributed by atoms with Gasteiger partial charge >= 0.3 is 0 Å². The van der Waals surface area contributed by atoms with Crippen molar-refractivity contribution in [2.75, 3.05) is 25.0 Å². The van der Waals surface area contributed by atoms with Crippen molar-refractivity contribution in [1.29, 1.82) is 0 Å². The van der Waals surface area contributed by atoms with Gasteiger partial charge in [0.1, 0.15) is 0 Å². The number of halogens is 1. The predicted molar refractivity (Wildman–Crippen MR) is 117 cm³/mol. The van der Waals surface area contributed by atoms with E-state index in [9.17, 15) is 9.59 Å². The first kappa shape index (κ1) is 21.1. The molecule has 1 heterocycles. The van der Waals surface area contributed by atoms with E-state index in [-0.39, 0.29) is 17.7 Å². The molecule has 1 aliphatic heterocycles. The monoisotopic (exact) mass is 411 g/mol. The number of anilines is 1. The van der Waals surface area contributed by atoms with Crippen molar-refractivity contribution in [2.24, 2.45) is 5.92 Å². The molecule has 1 saturated heterocycles. The summed E-state index contributed by atoms with van der Waals surface area (Å²) in [6.07, 6.45) is 3.21. The van der Waals surface area contributed by atoms with E-state index in [2.05, 4.69) is 22.1 Å². The third-order valence-corrected chi connectivity index (χ3v) is 5.37. The minimum Gasteiger partial charge on any atom is -0.349 e. The molecule has 0 spiro atoms. The number of carbonyl (C=O) groups is 2. The maximum absolute atomic E-state index is 12.8. The minimum atomic E-state index is -0.224. The average Bonchev–Trinajstić information content (AvgIpc) is 2.74. The van der Waals surface area contributed by atoms with Gasteiger partial charge in [0.2, 0.25) is 5.91 Å². The van der Waals surface area contributed by atoms with Gasteiger partial charge in [-0.15, -0.1) is 6.58 Å². The van der Waals surface area contributed by atoms with Gasteiger partial charge in [-0.25, -0.2) is 0 Å². The Morgan fingerprint density at radius 1 is 1.10 bits per heavy atom. The van der Waals surface area contributed by atoms with E-state index >= 15 is 0 Å². The third kappa shape index (κ3) is 5.92. The average molecular weight is 412 g/mol. The van der Waals surface area contributed by atoms with Crippen LogP contribution in [0, 0.1) is 5.92 Å². The van der Waals surface area contributed by atoms with E-state index in [4.69, 9.17) is 11.6 Å². The normalized spacial score (nSPS) is 14.9. The summed E-state index contributed by atoms with van der Waals surface area (Å²) >= 11 is 5.94. The molecule has 0 aromatic heterocycles. The summed E-state index contributed by atoms with van der Waals surface area (Å²) in [5.41, 5.74) is 2.22. The Balaban J connectivity index is 1.54. The van der Waals surface area contributed by atoms with E-state index in [0.29, 0.717) is 17.8 Å². The second-order valence-electron chi connectivity index (χ2n) is 7.21. The Bertz CT molecular complexity index is 859. The number of nitrogens with zero attached hydrogens (tertiary/aromatic N) is 1. The maximum atomic E-state index is 12.8. The third-order valence-electron chi connectivity index (χ3n) is 5.11. The van der Waals surface area contributed by atoms with Crippen molar-refractivity contribution < 1.29 is 9.59 Å². The Morgan fingerprint density at radius 2 is 1.79 bits per heavy atom. The number of hydrogen-bond donors (Lipinski definition) is 2. The molecule has 5 nitrogen and oxygen atoms in total. The van der Waals surface area contributed by atoms with Crippen LogP contribution in [0.15, 0.2) is 61.2 Å². The lowest BCUT2D eigenvalue weighted by atomic mass is 9.95. The lowest BCUT2D eigenvalue weighted by molar-refractivity contribution is -0.121. The molecule has 2 aromatic rings. The minimum absolute atomic E-state index is 0.0277. The molecule has 0 unspecified atom stereocenters. The van der Waals surface area contributed by atoms with Gasteiger partial charge in [0.15, 0.2) is 0 Å². The number of para-hydroxylation sites is 1. The molecule has 0 aliphatic carbocycles. The fraction of sp³-hybridized carbons (Fsp3) is 0.304. The first-order valence-electron chi connectivity index (χ1n) is 9.82. The fourth-order valence-corrected chi connectivity index (χ4v) is 3.61. The molecule has 0 atom stereocenters. The second kappa shape index (κ2) is 10.2. The predicted octanol–water partition coefficient (Wildman–Crippen LogP) is 4.11. The van der Waals surface area contributed by atoms with E-state index in [1.807, 2.05) is 30.3 Å². The van der Waals surface area contributed by atoms with E-state index in [1.54, 1.807) is 24.3 Å². The Hall–Kier alpha value is -2.63. The van der Waals surface area contributed by atoms with Crippen molar-refractivity contribution >= 4 is 29.1 Å². The molecule has 2 amide bonds. The van der Waals surface area contributed by atoms with E-state index in [1.165, 1.54) is 5.56 Å². The number of likely N-dealkylation sites (tertiary alicyclic amines) is 1. The molecule has 2 aromatic carbocycles.